The van der Waals surface area contributed by atoms with Gasteiger partial charge in [0, 0.05) is 29.9 Å². The average Bonchev–Trinajstić information content (AvgIpc) is 3.62. The van der Waals surface area contributed by atoms with E-state index >= 15 is 0 Å². The summed E-state index contributed by atoms with van der Waals surface area (Å²) in [7, 11) is 0. The van der Waals surface area contributed by atoms with Gasteiger partial charge in [0.05, 0.1) is 6.04 Å². The lowest BCUT2D eigenvalue weighted by molar-refractivity contribution is -0.142. The van der Waals surface area contributed by atoms with Gasteiger partial charge < -0.3 is 31.4 Å². The molecule has 0 bridgehead atoms. The molecule has 212 valence electrons. The Kier molecular flexibility index (Phi) is 9.55. The van der Waals surface area contributed by atoms with Crippen LogP contribution in [0, 0.1) is 5.92 Å². The summed E-state index contributed by atoms with van der Waals surface area (Å²) in [5.74, 6) is -2.78. The molecule has 0 spiro atoms. The van der Waals surface area contributed by atoms with Gasteiger partial charge in [0.1, 0.15) is 18.1 Å². The normalized spacial score (nSPS) is 17.2. The number of carboxylic acids is 1. The highest BCUT2D eigenvalue weighted by atomic mass is 16.4. The number of H-pyrrole nitrogens is 1. The first-order valence-corrected chi connectivity index (χ1v) is 13.7. The zero-order chi connectivity index (χ0) is 28.6. The fourth-order valence-corrected chi connectivity index (χ4v) is 5.01. The number of hydrogen-bond donors (Lipinski definition) is 6. The first-order valence-electron chi connectivity index (χ1n) is 13.7. The molecule has 6 N–H and O–H groups in total. The van der Waals surface area contributed by atoms with Gasteiger partial charge in [-0.1, -0.05) is 62.4 Å². The highest BCUT2D eigenvalue weighted by Gasteiger charge is 2.33. The van der Waals surface area contributed by atoms with Gasteiger partial charge in [-0.25, -0.2) is 4.79 Å². The predicted molar refractivity (Wildman–Crippen MR) is 151 cm³/mol. The molecule has 1 aliphatic heterocycles. The summed E-state index contributed by atoms with van der Waals surface area (Å²) in [5, 5.41) is 22.2. The fraction of sp³-hybridized carbons (Fsp3) is 0.400. The SMILES string of the molecule is CC(C)C(NC(=O)C1CCCN1)C(=O)NC(Cc1ccccc1)C(=O)NC(Cc1c[nH]c2ccccc12)C(=O)O. The number of carboxylic acid groups (broad SMARTS) is 1. The van der Waals surface area contributed by atoms with Crippen LogP contribution in [-0.4, -0.2) is 64.5 Å². The molecule has 4 rings (SSSR count). The summed E-state index contributed by atoms with van der Waals surface area (Å²) < 4.78 is 0. The molecular weight excluding hydrogens is 510 g/mol. The number of nitrogens with one attached hydrogen (secondary N) is 5. The Morgan fingerprint density at radius 2 is 1.60 bits per heavy atom. The lowest BCUT2D eigenvalue weighted by Gasteiger charge is -2.27. The van der Waals surface area contributed by atoms with E-state index in [1.54, 1.807) is 6.20 Å². The summed E-state index contributed by atoms with van der Waals surface area (Å²) in [6.07, 6.45) is 3.55. The van der Waals surface area contributed by atoms with E-state index in [0.717, 1.165) is 35.0 Å². The molecule has 0 aliphatic carbocycles. The van der Waals surface area contributed by atoms with Crippen molar-refractivity contribution in [2.75, 3.05) is 6.54 Å². The van der Waals surface area contributed by atoms with E-state index in [0.29, 0.717) is 6.42 Å². The summed E-state index contributed by atoms with van der Waals surface area (Å²) in [6.45, 7) is 4.39. The van der Waals surface area contributed by atoms with Crippen molar-refractivity contribution in [3.8, 4) is 0 Å². The second-order valence-corrected chi connectivity index (χ2v) is 10.6. The molecule has 4 atom stereocenters. The second-order valence-electron chi connectivity index (χ2n) is 10.6. The molecule has 10 heteroatoms. The van der Waals surface area contributed by atoms with Crippen LogP contribution in [0.25, 0.3) is 10.9 Å². The van der Waals surface area contributed by atoms with E-state index < -0.39 is 35.9 Å². The summed E-state index contributed by atoms with van der Waals surface area (Å²) in [4.78, 5) is 55.0. The van der Waals surface area contributed by atoms with Gasteiger partial charge in [-0.05, 0) is 42.5 Å². The molecule has 0 saturated carbocycles. The molecule has 4 unspecified atom stereocenters. The number of aromatic amines is 1. The predicted octanol–water partition coefficient (Wildman–Crippen LogP) is 1.90. The van der Waals surface area contributed by atoms with Crippen LogP contribution in [0.3, 0.4) is 0 Å². The third-order valence-corrected chi connectivity index (χ3v) is 7.25. The molecule has 10 nitrogen and oxygen atoms in total. The van der Waals surface area contributed by atoms with Crippen molar-refractivity contribution in [2.45, 2.75) is 63.7 Å². The van der Waals surface area contributed by atoms with Gasteiger partial charge in [-0.15, -0.1) is 0 Å². The van der Waals surface area contributed by atoms with Gasteiger partial charge in [-0.2, -0.15) is 0 Å². The molecule has 1 fully saturated rings. The van der Waals surface area contributed by atoms with Gasteiger partial charge in [0.2, 0.25) is 17.7 Å². The molecule has 1 aromatic heterocycles. The third-order valence-electron chi connectivity index (χ3n) is 7.25. The number of aromatic nitrogens is 1. The summed E-state index contributed by atoms with van der Waals surface area (Å²) in [6, 6.07) is 13.2. The zero-order valence-electron chi connectivity index (χ0n) is 22.8. The van der Waals surface area contributed by atoms with Gasteiger partial charge in [0.25, 0.3) is 0 Å². The maximum absolute atomic E-state index is 13.5. The van der Waals surface area contributed by atoms with Crippen LogP contribution in [0.4, 0.5) is 0 Å². The molecule has 1 saturated heterocycles. The third kappa shape index (κ3) is 7.26. The number of para-hydroxylation sites is 1. The number of carbonyl (C=O) groups excluding carboxylic acids is 3. The first-order chi connectivity index (χ1) is 19.2. The van der Waals surface area contributed by atoms with E-state index in [2.05, 4.69) is 26.3 Å². The molecule has 1 aliphatic rings. The number of aliphatic carboxylic acids is 1. The van der Waals surface area contributed by atoms with Gasteiger partial charge in [0.15, 0.2) is 0 Å². The Morgan fingerprint density at radius 1 is 0.900 bits per heavy atom. The average molecular weight is 548 g/mol. The Labute approximate surface area is 233 Å². The molecule has 2 heterocycles. The fourth-order valence-electron chi connectivity index (χ4n) is 5.01. The minimum Gasteiger partial charge on any atom is -0.480 e. The van der Waals surface area contributed by atoms with Crippen molar-refractivity contribution in [1.82, 2.24) is 26.3 Å². The Hall–Kier alpha value is -4.18. The van der Waals surface area contributed by atoms with Crippen LogP contribution in [0.5, 0.6) is 0 Å². The van der Waals surface area contributed by atoms with E-state index in [1.807, 2.05) is 68.4 Å². The van der Waals surface area contributed by atoms with E-state index in [9.17, 15) is 24.3 Å². The Balaban J connectivity index is 1.51. The highest BCUT2D eigenvalue weighted by Crippen LogP contribution is 2.19. The van der Waals surface area contributed by atoms with Crippen molar-refractivity contribution in [3.63, 3.8) is 0 Å². The smallest absolute Gasteiger partial charge is 0.326 e. The van der Waals surface area contributed by atoms with Gasteiger partial charge >= 0.3 is 5.97 Å². The first kappa shape index (κ1) is 28.8. The minimum atomic E-state index is -1.21. The number of hydrogen-bond acceptors (Lipinski definition) is 5. The molecule has 40 heavy (non-hydrogen) atoms. The van der Waals surface area contributed by atoms with Crippen LogP contribution >= 0.6 is 0 Å². The molecule has 2 aromatic carbocycles. The Morgan fingerprint density at radius 3 is 2.27 bits per heavy atom. The van der Waals surface area contributed by atoms with Crippen LogP contribution < -0.4 is 21.3 Å². The number of benzene rings is 2. The number of amides is 3. The van der Waals surface area contributed by atoms with Gasteiger partial charge in [-0.3, -0.25) is 14.4 Å². The van der Waals surface area contributed by atoms with Crippen molar-refractivity contribution >= 4 is 34.6 Å². The lowest BCUT2D eigenvalue weighted by Crippen LogP contribution is -2.59. The standard InChI is InChI=1S/C30H37N5O5/c1-18(2)26(35-27(36)23-13-8-14-31-23)29(38)33-24(15-19-9-4-3-5-10-19)28(37)34-25(30(39)40)16-20-17-32-22-12-7-6-11-21(20)22/h3-7,9-12,17-18,23-26,31-32H,8,13-16H2,1-2H3,(H,33,38)(H,34,37)(H,35,36)(H,39,40). The van der Waals surface area contributed by atoms with Crippen LogP contribution in [0.1, 0.15) is 37.8 Å². The maximum atomic E-state index is 13.5. The molecule has 3 aromatic rings. The molecule has 3 amide bonds. The largest absolute Gasteiger partial charge is 0.480 e. The van der Waals surface area contributed by atoms with E-state index in [-0.39, 0.29) is 30.7 Å². The maximum Gasteiger partial charge on any atom is 0.326 e. The highest BCUT2D eigenvalue weighted by molar-refractivity contribution is 5.94. The quantitative estimate of drug-likeness (QED) is 0.204. The van der Waals surface area contributed by atoms with Crippen molar-refractivity contribution in [1.29, 1.82) is 0 Å². The molecule has 0 radical (unpaired) electrons. The van der Waals surface area contributed by atoms with Crippen LogP contribution in [0.2, 0.25) is 0 Å². The monoisotopic (exact) mass is 547 g/mol. The number of carbonyl (C=O) groups is 4. The van der Waals surface area contributed by atoms with E-state index in [4.69, 9.17) is 0 Å². The second kappa shape index (κ2) is 13.3. The summed E-state index contributed by atoms with van der Waals surface area (Å²) in [5.41, 5.74) is 2.43. The lowest BCUT2D eigenvalue weighted by atomic mass is 9.99. The van der Waals surface area contributed by atoms with E-state index in [1.165, 1.54) is 0 Å². The van der Waals surface area contributed by atoms with Crippen LogP contribution in [-0.2, 0) is 32.0 Å². The minimum absolute atomic E-state index is 0.0656. The van der Waals surface area contributed by atoms with Crippen molar-refractivity contribution in [3.05, 3.63) is 71.9 Å². The zero-order valence-corrected chi connectivity index (χ0v) is 22.8. The van der Waals surface area contributed by atoms with Crippen LogP contribution in [0.15, 0.2) is 60.8 Å². The number of fused-ring (bicyclic) bond motifs is 1. The Bertz CT molecular complexity index is 1330. The topological polar surface area (TPSA) is 152 Å². The number of rotatable bonds is 12. The van der Waals surface area contributed by atoms with Crippen molar-refractivity contribution < 1.29 is 24.3 Å². The summed E-state index contributed by atoms with van der Waals surface area (Å²) >= 11 is 0. The van der Waals surface area contributed by atoms with Crippen molar-refractivity contribution in [2.24, 2.45) is 5.92 Å². The molecular formula is C30H37N5O5.